The third kappa shape index (κ3) is 9.52. The summed E-state index contributed by atoms with van der Waals surface area (Å²) >= 11 is 0. The largest absolute Gasteiger partial charge is 0.0683 e. The van der Waals surface area contributed by atoms with Gasteiger partial charge in [0.15, 0.2) is 0 Å². The molecule has 0 heteroatoms. The Morgan fingerprint density at radius 2 is 1.00 bits per heavy atom. The molecule has 15 heavy (non-hydrogen) atoms. The van der Waals surface area contributed by atoms with Crippen molar-refractivity contribution in [3.63, 3.8) is 0 Å². The number of rotatable bonds is 0. The Hall–Kier alpha value is -0.780. The molecule has 1 aliphatic carbocycles. The smallest absolute Gasteiger partial charge is 0.0398 e. The van der Waals surface area contributed by atoms with Gasteiger partial charge in [0, 0.05) is 0 Å². The van der Waals surface area contributed by atoms with Crippen molar-refractivity contribution in [1.29, 1.82) is 0 Å². The van der Waals surface area contributed by atoms with Gasteiger partial charge in [0.2, 0.25) is 0 Å². The zero-order chi connectivity index (χ0) is 11.4. The van der Waals surface area contributed by atoms with Crippen LogP contribution in [-0.2, 0) is 0 Å². The summed E-state index contributed by atoms with van der Waals surface area (Å²) in [5.74, 6) is 0. The quantitative estimate of drug-likeness (QED) is 0.536. The number of aryl methyl sites for hydroxylation is 1. The second-order valence-electron chi connectivity index (χ2n) is 3.78. The third-order valence-corrected chi connectivity index (χ3v) is 2.44. The summed E-state index contributed by atoms with van der Waals surface area (Å²) in [6.45, 7) is 6.08. The Bertz CT molecular complexity index is 185. The maximum absolute atomic E-state index is 2.08. The molecule has 1 aromatic rings. The van der Waals surface area contributed by atoms with E-state index >= 15 is 0 Å². The minimum absolute atomic E-state index is 1.32. The lowest BCUT2D eigenvalue weighted by Gasteiger charge is -2.05. The molecule has 0 amide bonds. The van der Waals surface area contributed by atoms with Gasteiger partial charge in [-0.25, -0.2) is 0 Å². The fourth-order valence-corrected chi connectivity index (χ4v) is 1.60. The first-order valence-corrected chi connectivity index (χ1v) is 6.41. The van der Waals surface area contributed by atoms with Crippen molar-refractivity contribution >= 4 is 0 Å². The Morgan fingerprint density at radius 3 is 1.20 bits per heavy atom. The van der Waals surface area contributed by atoms with E-state index in [1.165, 1.54) is 44.1 Å². The molecule has 0 radical (unpaired) electrons. The van der Waals surface area contributed by atoms with E-state index in [-0.39, 0.29) is 0 Å². The summed E-state index contributed by atoms with van der Waals surface area (Å²) in [5, 5.41) is 0. The van der Waals surface area contributed by atoms with E-state index in [1.807, 2.05) is 32.0 Å². The van der Waals surface area contributed by atoms with Gasteiger partial charge in [0.25, 0.3) is 0 Å². The van der Waals surface area contributed by atoms with Crippen LogP contribution >= 0.6 is 0 Å². The summed E-state index contributed by atoms with van der Waals surface area (Å²) in [6, 6.07) is 10.3. The second-order valence-corrected chi connectivity index (χ2v) is 3.78. The lowest BCUT2D eigenvalue weighted by Crippen LogP contribution is -1.85. The molecule has 0 aliphatic heterocycles. The topological polar surface area (TPSA) is 0 Å². The third-order valence-electron chi connectivity index (χ3n) is 2.44. The Labute approximate surface area is 95.7 Å². The van der Waals surface area contributed by atoms with Gasteiger partial charge in [-0.3, -0.25) is 0 Å². The van der Waals surface area contributed by atoms with Gasteiger partial charge in [0.1, 0.15) is 0 Å². The normalized spacial score (nSPS) is 14.1. The van der Waals surface area contributed by atoms with E-state index in [2.05, 4.69) is 19.1 Å². The molecule has 0 spiro atoms. The van der Waals surface area contributed by atoms with Crippen LogP contribution in [0.2, 0.25) is 0 Å². The zero-order valence-electron chi connectivity index (χ0n) is 10.6. The minimum Gasteiger partial charge on any atom is -0.0683 e. The van der Waals surface area contributed by atoms with Crippen molar-refractivity contribution < 1.29 is 0 Å². The van der Waals surface area contributed by atoms with Crippen molar-refractivity contribution in [2.75, 3.05) is 0 Å². The van der Waals surface area contributed by atoms with E-state index in [0.29, 0.717) is 0 Å². The van der Waals surface area contributed by atoms with Crippen molar-refractivity contribution in [1.82, 2.24) is 0 Å². The zero-order valence-corrected chi connectivity index (χ0v) is 10.6. The Balaban J connectivity index is 0.000000227. The standard InChI is InChI=1S/C7H8.C6H12.C2H6/c1-7-5-3-2-4-6-7;1-2-4-6-5-3-1;1-2/h2-6H,1H3;1-6H2;1-2H3. The molecule has 1 saturated carbocycles. The van der Waals surface area contributed by atoms with E-state index < -0.39 is 0 Å². The summed E-state index contributed by atoms with van der Waals surface area (Å²) in [5.41, 5.74) is 1.32. The van der Waals surface area contributed by atoms with Crippen LogP contribution in [0.15, 0.2) is 30.3 Å². The summed E-state index contributed by atoms with van der Waals surface area (Å²) in [4.78, 5) is 0. The van der Waals surface area contributed by atoms with Crippen LogP contribution in [0.4, 0.5) is 0 Å². The van der Waals surface area contributed by atoms with Crippen LogP contribution in [0.25, 0.3) is 0 Å². The fraction of sp³-hybridized carbons (Fsp3) is 0.600. The maximum Gasteiger partial charge on any atom is -0.0398 e. The van der Waals surface area contributed by atoms with Gasteiger partial charge in [-0.05, 0) is 6.92 Å². The second kappa shape index (κ2) is 11.3. The number of hydrogen-bond donors (Lipinski definition) is 0. The SMILES string of the molecule is C1CCCCC1.CC.Cc1ccccc1. The molecule has 0 aromatic heterocycles. The highest BCUT2D eigenvalue weighted by atomic mass is 14.0. The van der Waals surface area contributed by atoms with Crippen LogP contribution in [-0.4, -0.2) is 0 Å². The van der Waals surface area contributed by atoms with Crippen LogP contribution in [0.1, 0.15) is 57.9 Å². The first kappa shape index (κ1) is 14.2. The van der Waals surface area contributed by atoms with Crippen LogP contribution in [0.5, 0.6) is 0 Å². The molecule has 0 nitrogen and oxygen atoms in total. The lowest BCUT2D eigenvalue weighted by atomic mass is 10.0. The van der Waals surface area contributed by atoms with E-state index in [1.54, 1.807) is 0 Å². The molecule has 0 unspecified atom stereocenters. The fourth-order valence-electron chi connectivity index (χ4n) is 1.60. The minimum atomic E-state index is 1.32. The van der Waals surface area contributed by atoms with E-state index in [0.717, 1.165) is 0 Å². The molecule has 1 aromatic carbocycles. The van der Waals surface area contributed by atoms with Crippen LogP contribution in [0.3, 0.4) is 0 Å². The van der Waals surface area contributed by atoms with Crippen LogP contribution in [0, 0.1) is 6.92 Å². The predicted octanol–water partition coefficient (Wildman–Crippen LogP) is 5.36. The molecule has 2 rings (SSSR count). The molecule has 1 aliphatic rings. The molecular formula is C15H26. The molecule has 86 valence electrons. The molecular weight excluding hydrogens is 180 g/mol. The van der Waals surface area contributed by atoms with Crippen LogP contribution < -0.4 is 0 Å². The number of benzene rings is 1. The van der Waals surface area contributed by atoms with Crippen molar-refractivity contribution in [2.24, 2.45) is 0 Å². The average molecular weight is 206 g/mol. The van der Waals surface area contributed by atoms with Gasteiger partial charge in [-0.2, -0.15) is 0 Å². The van der Waals surface area contributed by atoms with Gasteiger partial charge < -0.3 is 0 Å². The first-order valence-electron chi connectivity index (χ1n) is 6.41. The molecule has 1 fully saturated rings. The molecule has 0 N–H and O–H groups in total. The summed E-state index contributed by atoms with van der Waals surface area (Å²) < 4.78 is 0. The van der Waals surface area contributed by atoms with Gasteiger partial charge in [0.05, 0.1) is 0 Å². The Morgan fingerprint density at radius 1 is 0.667 bits per heavy atom. The van der Waals surface area contributed by atoms with Crippen molar-refractivity contribution in [3.8, 4) is 0 Å². The molecule has 0 saturated heterocycles. The van der Waals surface area contributed by atoms with E-state index in [4.69, 9.17) is 0 Å². The predicted molar refractivity (Wildman–Crippen MR) is 70.2 cm³/mol. The summed E-state index contributed by atoms with van der Waals surface area (Å²) in [6.07, 6.45) is 9.00. The Kier molecular flexibility index (Phi) is 10.7. The number of hydrogen-bond acceptors (Lipinski definition) is 0. The van der Waals surface area contributed by atoms with Gasteiger partial charge in [-0.15, -0.1) is 0 Å². The van der Waals surface area contributed by atoms with Gasteiger partial charge in [-0.1, -0.05) is 88.3 Å². The average Bonchev–Trinajstić information content (AvgIpc) is 2.36. The van der Waals surface area contributed by atoms with Gasteiger partial charge >= 0.3 is 0 Å². The molecule has 0 atom stereocenters. The van der Waals surface area contributed by atoms with Crippen molar-refractivity contribution in [3.05, 3.63) is 35.9 Å². The lowest BCUT2D eigenvalue weighted by molar-refractivity contribution is 0.504. The highest BCUT2D eigenvalue weighted by Gasteiger charge is 1.95. The summed E-state index contributed by atoms with van der Waals surface area (Å²) in [7, 11) is 0. The highest BCUT2D eigenvalue weighted by molar-refractivity contribution is 5.11. The van der Waals surface area contributed by atoms with E-state index in [9.17, 15) is 0 Å². The maximum atomic E-state index is 2.08. The van der Waals surface area contributed by atoms with Crippen molar-refractivity contribution in [2.45, 2.75) is 59.3 Å². The molecule has 0 bridgehead atoms. The highest BCUT2D eigenvalue weighted by Crippen LogP contribution is 2.15. The first-order chi connectivity index (χ1) is 7.39. The molecule has 0 heterocycles. The monoisotopic (exact) mass is 206 g/mol.